The van der Waals surface area contributed by atoms with E-state index in [0.29, 0.717) is 11.1 Å². The van der Waals surface area contributed by atoms with Crippen molar-refractivity contribution in [3.8, 4) is 16.9 Å². The zero-order valence-corrected chi connectivity index (χ0v) is 13.5. The summed E-state index contributed by atoms with van der Waals surface area (Å²) in [6.07, 6.45) is -0.966. The van der Waals surface area contributed by atoms with Gasteiger partial charge in [0, 0.05) is 5.56 Å². The third kappa shape index (κ3) is 2.93. The number of benzene rings is 2. The first-order chi connectivity index (χ1) is 11.4. The maximum atomic E-state index is 13.4. The fourth-order valence-corrected chi connectivity index (χ4v) is 5.43. The molecule has 7 heteroatoms. The van der Waals surface area contributed by atoms with Gasteiger partial charge in [-0.2, -0.15) is 0 Å². The highest BCUT2D eigenvalue weighted by atomic mass is 31.2. The molecule has 0 amide bonds. The van der Waals surface area contributed by atoms with E-state index in [2.05, 4.69) is 0 Å². The van der Waals surface area contributed by atoms with Crippen molar-refractivity contribution in [1.82, 2.24) is 0 Å². The maximum absolute atomic E-state index is 13.4. The molecule has 1 aliphatic heterocycles. The third-order valence-electron chi connectivity index (χ3n) is 3.93. The van der Waals surface area contributed by atoms with Crippen molar-refractivity contribution in [2.24, 2.45) is 5.92 Å². The molecule has 2 N–H and O–H groups in total. The molecule has 0 unspecified atom stereocenters. The molecule has 1 aliphatic rings. The van der Waals surface area contributed by atoms with Crippen molar-refractivity contribution in [1.29, 1.82) is 0 Å². The van der Waals surface area contributed by atoms with Crippen LogP contribution in [0.5, 0.6) is 5.75 Å². The highest BCUT2D eigenvalue weighted by Gasteiger charge is 2.40. The lowest BCUT2D eigenvalue weighted by Gasteiger charge is -2.29. The number of hydrogen-bond donors (Lipinski definition) is 2. The van der Waals surface area contributed by atoms with Crippen LogP contribution in [0, 0.1) is 5.92 Å². The molecule has 1 heterocycles. The molecule has 0 aromatic heterocycles. The van der Waals surface area contributed by atoms with Gasteiger partial charge in [0.15, 0.2) is 0 Å². The second kappa shape index (κ2) is 6.13. The number of hydrogen-bond acceptors (Lipinski definition) is 4. The highest BCUT2D eigenvalue weighted by Crippen LogP contribution is 2.55. The average Bonchev–Trinajstić information content (AvgIpc) is 2.54. The number of rotatable bonds is 5. The molecule has 0 radical (unpaired) electrons. The number of carbonyl (C=O) groups is 2. The first kappa shape index (κ1) is 16.3. The van der Waals surface area contributed by atoms with Gasteiger partial charge in [0.2, 0.25) is 0 Å². The van der Waals surface area contributed by atoms with Crippen molar-refractivity contribution in [3.05, 3.63) is 48.5 Å². The monoisotopic (exact) mass is 346 g/mol. The zero-order chi connectivity index (χ0) is 17.3. The standard InChI is InChI=1S/C17H15O6P/c18-16(19)9-11(17(20)21)10-24(22)15-8-4-2-6-13(15)12-5-1-3-7-14(12)23-24/h1-8,11H,9-10H2,(H,18,19)(H,20,21)/t11-,24+/m1/s1. The van der Waals surface area contributed by atoms with Gasteiger partial charge in [-0.1, -0.05) is 36.4 Å². The summed E-state index contributed by atoms with van der Waals surface area (Å²) in [5, 5.41) is 18.6. The van der Waals surface area contributed by atoms with E-state index in [4.69, 9.17) is 9.63 Å². The molecule has 2 aromatic carbocycles. The predicted octanol–water partition coefficient (Wildman–Crippen LogP) is 2.82. The minimum absolute atomic E-state index is 0.361. The van der Waals surface area contributed by atoms with Crippen LogP contribution in [0.2, 0.25) is 0 Å². The summed E-state index contributed by atoms with van der Waals surface area (Å²) in [6, 6.07) is 14.0. The Morgan fingerprint density at radius 3 is 2.29 bits per heavy atom. The van der Waals surface area contributed by atoms with Crippen LogP contribution in [-0.4, -0.2) is 28.3 Å². The molecule has 6 nitrogen and oxygen atoms in total. The van der Waals surface area contributed by atoms with E-state index in [1.54, 1.807) is 36.4 Å². The van der Waals surface area contributed by atoms with Gasteiger partial charge in [-0.15, -0.1) is 0 Å². The van der Waals surface area contributed by atoms with Gasteiger partial charge in [-0.25, -0.2) is 0 Å². The minimum Gasteiger partial charge on any atom is -0.481 e. The van der Waals surface area contributed by atoms with Crippen LogP contribution in [0.1, 0.15) is 6.42 Å². The summed E-state index contributed by atoms with van der Waals surface area (Å²) in [7, 11) is -3.55. The lowest BCUT2D eigenvalue weighted by molar-refractivity contribution is -0.147. The minimum atomic E-state index is -3.55. The van der Waals surface area contributed by atoms with Gasteiger partial charge in [-0.3, -0.25) is 14.2 Å². The van der Waals surface area contributed by atoms with Crippen LogP contribution in [-0.2, 0) is 14.2 Å². The molecule has 0 aliphatic carbocycles. The van der Waals surface area contributed by atoms with Crippen LogP contribution in [0.25, 0.3) is 11.1 Å². The molecule has 2 atom stereocenters. The highest BCUT2D eigenvalue weighted by molar-refractivity contribution is 7.67. The van der Waals surface area contributed by atoms with Crippen molar-refractivity contribution in [2.45, 2.75) is 6.42 Å². The SMILES string of the molecule is O=C(O)C[C@H](C[P@]1(=O)Oc2ccccc2-c2ccccc21)C(=O)O. The van der Waals surface area contributed by atoms with E-state index >= 15 is 0 Å². The summed E-state index contributed by atoms with van der Waals surface area (Å²) in [4.78, 5) is 22.3. The first-order valence-electron chi connectivity index (χ1n) is 7.33. The molecule has 2 aromatic rings. The summed E-state index contributed by atoms with van der Waals surface area (Å²) < 4.78 is 19.1. The zero-order valence-electron chi connectivity index (χ0n) is 12.6. The van der Waals surface area contributed by atoms with Gasteiger partial charge >= 0.3 is 11.9 Å². The second-order valence-corrected chi connectivity index (χ2v) is 7.97. The van der Waals surface area contributed by atoms with E-state index in [-0.39, 0.29) is 6.16 Å². The summed E-state index contributed by atoms with van der Waals surface area (Å²) in [5.41, 5.74) is 1.51. The maximum Gasteiger partial charge on any atom is 0.307 e. The molecule has 24 heavy (non-hydrogen) atoms. The van der Waals surface area contributed by atoms with Crippen LogP contribution >= 0.6 is 7.37 Å². The van der Waals surface area contributed by atoms with Gasteiger partial charge in [-0.05, 0) is 17.7 Å². The smallest absolute Gasteiger partial charge is 0.307 e. The fourth-order valence-electron chi connectivity index (χ4n) is 2.84. The molecular weight excluding hydrogens is 331 g/mol. The van der Waals surface area contributed by atoms with E-state index in [1.807, 2.05) is 12.1 Å². The molecule has 0 spiro atoms. The first-order valence-corrected chi connectivity index (χ1v) is 9.14. The van der Waals surface area contributed by atoms with E-state index < -0.39 is 31.6 Å². The van der Waals surface area contributed by atoms with Crippen molar-refractivity contribution < 1.29 is 28.9 Å². The molecule has 0 saturated carbocycles. The van der Waals surface area contributed by atoms with Gasteiger partial charge in [0.1, 0.15) is 5.75 Å². The van der Waals surface area contributed by atoms with Crippen LogP contribution < -0.4 is 9.83 Å². The Morgan fingerprint density at radius 1 is 1.00 bits per heavy atom. The van der Waals surface area contributed by atoms with Gasteiger partial charge in [0.05, 0.1) is 23.8 Å². The molecule has 0 bridgehead atoms. The summed E-state index contributed by atoms with van der Waals surface area (Å²) >= 11 is 0. The van der Waals surface area contributed by atoms with Crippen molar-refractivity contribution in [3.63, 3.8) is 0 Å². The summed E-state index contributed by atoms with van der Waals surface area (Å²) in [5.74, 6) is -3.42. The Kier molecular flexibility index (Phi) is 4.16. The molecule has 0 fully saturated rings. The number of aliphatic carboxylic acids is 2. The Hall–Kier alpha value is -2.59. The molecule has 0 saturated heterocycles. The Morgan fingerprint density at radius 2 is 1.62 bits per heavy atom. The van der Waals surface area contributed by atoms with Crippen molar-refractivity contribution >= 4 is 24.6 Å². The Bertz CT molecular complexity index is 860. The predicted molar refractivity (Wildman–Crippen MR) is 88.0 cm³/mol. The Balaban J connectivity index is 2.06. The molecule has 3 rings (SSSR count). The second-order valence-electron chi connectivity index (χ2n) is 5.59. The van der Waals surface area contributed by atoms with Crippen molar-refractivity contribution in [2.75, 3.05) is 6.16 Å². The molecule has 124 valence electrons. The van der Waals surface area contributed by atoms with Gasteiger partial charge in [0.25, 0.3) is 7.37 Å². The number of carboxylic acids is 2. The van der Waals surface area contributed by atoms with Crippen LogP contribution in [0.4, 0.5) is 0 Å². The van der Waals surface area contributed by atoms with E-state index in [0.717, 1.165) is 11.1 Å². The number of carboxylic acid groups (broad SMARTS) is 2. The summed E-state index contributed by atoms with van der Waals surface area (Å²) in [6.45, 7) is 0. The largest absolute Gasteiger partial charge is 0.481 e. The normalized spacial score (nSPS) is 19.5. The number of fused-ring (bicyclic) bond motifs is 3. The Labute approximate surface area is 138 Å². The lowest BCUT2D eigenvalue weighted by atomic mass is 10.0. The van der Waals surface area contributed by atoms with E-state index in [1.165, 1.54) is 0 Å². The topological polar surface area (TPSA) is 101 Å². The van der Waals surface area contributed by atoms with E-state index in [9.17, 15) is 19.3 Å². The average molecular weight is 346 g/mol. The molecular formula is C17H15O6P. The van der Waals surface area contributed by atoms with Crippen LogP contribution in [0.3, 0.4) is 0 Å². The quantitative estimate of drug-likeness (QED) is 0.808. The lowest BCUT2D eigenvalue weighted by Crippen LogP contribution is -2.28. The third-order valence-corrected chi connectivity index (χ3v) is 6.46. The van der Waals surface area contributed by atoms with Crippen LogP contribution in [0.15, 0.2) is 48.5 Å². The number of para-hydroxylation sites is 1. The fraction of sp³-hybridized carbons (Fsp3) is 0.176. The van der Waals surface area contributed by atoms with Gasteiger partial charge < -0.3 is 14.7 Å².